The zero-order chi connectivity index (χ0) is 18.8. The molecule has 0 radical (unpaired) electrons. The first-order chi connectivity index (χ1) is 13.2. The summed E-state index contributed by atoms with van der Waals surface area (Å²) in [7, 11) is 0. The predicted molar refractivity (Wildman–Crippen MR) is 100 cm³/mol. The van der Waals surface area contributed by atoms with E-state index >= 15 is 0 Å². The lowest BCUT2D eigenvalue weighted by Crippen LogP contribution is -2.40. The highest BCUT2D eigenvalue weighted by atomic mass is 16.2. The van der Waals surface area contributed by atoms with Crippen LogP contribution in [0.2, 0.25) is 0 Å². The van der Waals surface area contributed by atoms with Gasteiger partial charge in [0.05, 0.1) is 5.52 Å². The Labute approximate surface area is 156 Å². The van der Waals surface area contributed by atoms with Crippen LogP contribution in [0.1, 0.15) is 30.3 Å². The lowest BCUT2D eigenvalue weighted by Gasteiger charge is -2.31. The lowest BCUT2D eigenvalue weighted by molar-refractivity contribution is 0.0676. The minimum absolute atomic E-state index is 0.00862. The van der Waals surface area contributed by atoms with Gasteiger partial charge >= 0.3 is 5.69 Å². The van der Waals surface area contributed by atoms with Gasteiger partial charge in [-0.1, -0.05) is 0 Å². The largest absolute Gasteiger partial charge is 0.337 e. The molecule has 0 bridgehead atoms. The fourth-order valence-electron chi connectivity index (χ4n) is 3.77. The van der Waals surface area contributed by atoms with Gasteiger partial charge < -0.3 is 4.90 Å². The second-order valence-electron chi connectivity index (χ2n) is 6.81. The van der Waals surface area contributed by atoms with E-state index in [-0.39, 0.29) is 11.6 Å². The Morgan fingerprint density at radius 1 is 1.15 bits per heavy atom. The summed E-state index contributed by atoms with van der Waals surface area (Å²) in [4.78, 5) is 39.4. The minimum atomic E-state index is -0.0581. The Morgan fingerprint density at radius 3 is 2.67 bits per heavy atom. The number of carbonyl (C=O) groups is 1. The van der Waals surface area contributed by atoms with E-state index in [2.05, 4.69) is 15.0 Å². The number of amides is 1. The van der Waals surface area contributed by atoms with E-state index in [1.165, 1.54) is 6.33 Å². The van der Waals surface area contributed by atoms with Gasteiger partial charge in [-0.15, -0.1) is 0 Å². The maximum Gasteiger partial charge on any atom is 0.330 e. The summed E-state index contributed by atoms with van der Waals surface area (Å²) in [6.07, 6.45) is 6.41. The molecule has 140 valence electrons. The minimum Gasteiger partial charge on any atom is -0.337 e. The SMILES string of the molecule is CCn1c(=O)n(CC2CCN(C(=O)c3ccncn3)CC2)c2ncccc21. The molecule has 3 aromatic rings. The molecule has 0 aliphatic carbocycles. The van der Waals surface area contributed by atoms with Gasteiger partial charge in [0.1, 0.15) is 12.0 Å². The molecular weight excluding hydrogens is 344 g/mol. The number of rotatable bonds is 4. The van der Waals surface area contributed by atoms with Crippen molar-refractivity contribution in [1.82, 2.24) is 29.0 Å². The van der Waals surface area contributed by atoms with Crippen LogP contribution in [-0.4, -0.2) is 48.0 Å². The van der Waals surface area contributed by atoms with Gasteiger partial charge in [-0.05, 0) is 43.9 Å². The first-order valence-electron chi connectivity index (χ1n) is 9.28. The van der Waals surface area contributed by atoms with E-state index < -0.39 is 0 Å². The van der Waals surface area contributed by atoms with E-state index in [4.69, 9.17) is 0 Å². The van der Waals surface area contributed by atoms with Crippen LogP contribution in [0.3, 0.4) is 0 Å². The second kappa shape index (κ2) is 7.30. The van der Waals surface area contributed by atoms with E-state index in [1.807, 2.05) is 24.0 Å². The number of carbonyl (C=O) groups excluding carboxylic acids is 1. The summed E-state index contributed by atoms with van der Waals surface area (Å²) in [5.74, 6) is 0.285. The molecule has 0 atom stereocenters. The number of pyridine rings is 1. The van der Waals surface area contributed by atoms with E-state index in [0.717, 1.165) is 24.0 Å². The van der Waals surface area contributed by atoms with Crippen LogP contribution >= 0.6 is 0 Å². The zero-order valence-electron chi connectivity index (χ0n) is 15.3. The van der Waals surface area contributed by atoms with Crippen LogP contribution in [0, 0.1) is 5.92 Å². The number of hydrogen-bond donors (Lipinski definition) is 0. The third kappa shape index (κ3) is 3.22. The molecule has 0 N–H and O–H groups in total. The second-order valence-corrected chi connectivity index (χ2v) is 6.81. The van der Waals surface area contributed by atoms with Crippen molar-refractivity contribution in [3.8, 4) is 0 Å². The molecule has 1 aliphatic rings. The van der Waals surface area contributed by atoms with E-state index in [0.29, 0.717) is 37.8 Å². The molecule has 1 saturated heterocycles. The number of likely N-dealkylation sites (tertiary alicyclic amines) is 1. The van der Waals surface area contributed by atoms with Gasteiger partial charge in [0.15, 0.2) is 5.65 Å². The first-order valence-corrected chi connectivity index (χ1v) is 9.28. The third-order valence-corrected chi connectivity index (χ3v) is 5.23. The summed E-state index contributed by atoms with van der Waals surface area (Å²) in [6.45, 7) is 4.56. The zero-order valence-corrected chi connectivity index (χ0v) is 15.3. The first kappa shape index (κ1) is 17.4. The highest BCUT2D eigenvalue weighted by molar-refractivity contribution is 5.92. The number of piperidine rings is 1. The molecule has 0 saturated carbocycles. The molecule has 4 rings (SSSR count). The molecule has 1 fully saturated rings. The maximum absolute atomic E-state index is 12.8. The van der Waals surface area contributed by atoms with Crippen LogP contribution in [0.25, 0.3) is 11.2 Å². The molecular formula is C19H22N6O2. The summed E-state index contributed by atoms with van der Waals surface area (Å²) >= 11 is 0. The molecule has 27 heavy (non-hydrogen) atoms. The Kier molecular flexibility index (Phi) is 4.70. The Bertz CT molecular complexity index is 1000. The average Bonchev–Trinajstić information content (AvgIpc) is 2.99. The molecule has 8 heteroatoms. The van der Waals surface area contributed by atoms with Crippen molar-refractivity contribution in [2.45, 2.75) is 32.9 Å². The van der Waals surface area contributed by atoms with Crippen molar-refractivity contribution < 1.29 is 4.79 Å². The summed E-state index contributed by atoms with van der Waals surface area (Å²) in [6, 6.07) is 5.43. The Balaban J connectivity index is 1.47. The number of aryl methyl sites for hydroxylation is 1. The van der Waals surface area contributed by atoms with Gasteiger partial charge in [-0.3, -0.25) is 13.9 Å². The maximum atomic E-state index is 12.8. The summed E-state index contributed by atoms with van der Waals surface area (Å²) in [5, 5.41) is 0. The standard InChI is InChI=1S/C19H22N6O2/c1-2-24-16-4-3-8-21-17(16)25(19(24)27)12-14-6-10-23(11-7-14)18(26)15-5-9-20-13-22-15/h3-5,8-9,13-14H,2,6-7,10-12H2,1H3. The Hall–Kier alpha value is -3.03. The predicted octanol–water partition coefficient (Wildman–Crippen LogP) is 1.56. The quantitative estimate of drug-likeness (QED) is 0.699. The van der Waals surface area contributed by atoms with Crippen molar-refractivity contribution in [2.75, 3.05) is 13.1 Å². The number of aromatic nitrogens is 5. The monoisotopic (exact) mass is 366 g/mol. The average molecular weight is 366 g/mol. The molecule has 1 aliphatic heterocycles. The molecule has 8 nitrogen and oxygen atoms in total. The lowest BCUT2D eigenvalue weighted by atomic mass is 9.96. The fourth-order valence-corrected chi connectivity index (χ4v) is 3.77. The van der Waals surface area contributed by atoms with Crippen LogP contribution in [-0.2, 0) is 13.1 Å². The van der Waals surface area contributed by atoms with Crippen molar-refractivity contribution >= 4 is 17.1 Å². The van der Waals surface area contributed by atoms with E-state index in [1.54, 1.807) is 27.6 Å². The number of hydrogen-bond acceptors (Lipinski definition) is 5. The van der Waals surface area contributed by atoms with Crippen LogP contribution in [0.5, 0.6) is 0 Å². The molecule has 1 amide bonds. The molecule has 0 unspecified atom stereocenters. The fraction of sp³-hybridized carbons (Fsp3) is 0.421. The van der Waals surface area contributed by atoms with Crippen LogP contribution in [0.4, 0.5) is 0 Å². The summed E-state index contributed by atoms with van der Waals surface area (Å²) in [5.41, 5.74) is 2.03. The number of imidazole rings is 1. The van der Waals surface area contributed by atoms with Crippen molar-refractivity contribution in [2.24, 2.45) is 5.92 Å². The summed E-state index contributed by atoms with van der Waals surface area (Å²) < 4.78 is 3.54. The third-order valence-electron chi connectivity index (χ3n) is 5.23. The van der Waals surface area contributed by atoms with Crippen molar-refractivity contribution in [1.29, 1.82) is 0 Å². The number of fused-ring (bicyclic) bond motifs is 1. The van der Waals surface area contributed by atoms with Crippen LogP contribution in [0.15, 0.2) is 41.7 Å². The van der Waals surface area contributed by atoms with Gasteiger partial charge in [0, 0.05) is 38.6 Å². The highest BCUT2D eigenvalue weighted by Gasteiger charge is 2.26. The van der Waals surface area contributed by atoms with Crippen molar-refractivity contribution in [3.63, 3.8) is 0 Å². The Morgan fingerprint density at radius 2 is 1.96 bits per heavy atom. The smallest absolute Gasteiger partial charge is 0.330 e. The molecule has 3 aromatic heterocycles. The van der Waals surface area contributed by atoms with E-state index in [9.17, 15) is 9.59 Å². The van der Waals surface area contributed by atoms with Gasteiger partial charge in [0.25, 0.3) is 5.91 Å². The highest BCUT2D eigenvalue weighted by Crippen LogP contribution is 2.21. The molecule has 4 heterocycles. The van der Waals surface area contributed by atoms with Gasteiger partial charge in [0.2, 0.25) is 0 Å². The van der Waals surface area contributed by atoms with Crippen LogP contribution < -0.4 is 5.69 Å². The molecule has 0 spiro atoms. The van der Waals surface area contributed by atoms with Gasteiger partial charge in [-0.25, -0.2) is 19.7 Å². The van der Waals surface area contributed by atoms with Crippen molar-refractivity contribution in [3.05, 3.63) is 53.1 Å². The topological polar surface area (TPSA) is 85.9 Å². The normalized spacial score (nSPS) is 15.4. The molecule has 0 aromatic carbocycles. The van der Waals surface area contributed by atoms with Gasteiger partial charge in [-0.2, -0.15) is 0 Å². The number of nitrogens with zero attached hydrogens (tertiary/aromatic N) is 6.